The van der Waals surface area contributed by atoms with Gasteiger partial charge in [0.25, 0.3) is 0 Å². The van der Waals surface area contributed by atoms with Gasteiger partial charge in [-0.15, -0.1) is 0 Å². The zero-order chi connectivity index (χ0) is 11.4. The Morgan fingerprint density at radius 2 is 1.79 bits per heavy atom. The maximum atomic E-state index is 10.9. The Morgan fingerprint density at radius 3 is 2.14 bits per heavy atom. The molecule has 4 N–H and O–H groups in total. The standard InChI is InChI=1S/C8H16N2O4/c1-8(2,3)14-7(12)13-6(11)4-5(9)10/h5H,4,9-10H2,1-3H3. The first-order chi connectivity index (χ1) is 6.20. The van der Waals surface area contributed by atoms with E-state index in [1.807, 2.05) is 0 Å². The Balaban J connectivity index is 3.90. The Labute approximate surface area is 82.5 Å². The lowest BCUT2D eigenvalue weighted by molar-refractivity contribution is -0.141. The number of hydrogen-bond acceptors (Lipinski definition) is 6. The van der Waals surface area contributed by atoms with E-state index in [4.69, 9.17) is 16.2 Å². The van der Waals surface area contributed by atoms with E-state index in [0.29, 0.717) is 0 Å². The molecule has 0 aliphatic rings. The first kappa shape index (κ1) is 12.9. The summed E-state index contributed by atoms with van der Waals surface area (Å²) in [5.74, 6) is -0.797. The van der Waals surface area contributed by atoms with Crippen molar-refractivity contribution >= 4 is 12.1 Å². The molecule has 0 heterocycles. The van der Waals surface area contributed by atoms with E-state index in [1.54, 1.807) is 20.8 Å². The first-order valence-electron chi connectivity index (χ1n) is 4.15. The van der Waals surface area contributed by atoms with Crippen molar-refractivity contribution in [3.05, 3.63) is 0 Å². The Hall–Kier alpha value is -1.14. The van der Waals surface area contributed by atoms with Gasteiger partial charge in [0.1, 0.15) is 5.60 Å². The smallest absolute Gasteiger partial charge is 0.428 e. The number of nitrogens with two attached hydrogens (primary N) is 2. The number of hydrogen-bond donors (Lipinski definition) is 2. The average Bonchev–Trinajstić information content (AvgIpc) is 1.77. The molecule has 0 aliphatic carbocycles. The minimum atomic E-state index is -1.04. The maximum absolute atomic E-state index is 10.9. The molecule has 6 nitrogen and oxygen atoms in total. The lowest BCUT2D eigenvalue weighted by Gasteiger charge is -2.18. The van der Waals surface area contributed by atoms with Gasteiger partial charge in [-0.05, 0) is 20.8 Å². The molecule has 0 spiro atoms. The molecule has 0 saturated carbocycles. The predicted octanol–water partition coefficient (Wildman–Crippen LogP) is 0.0983. The molecule has 0 aliphatic heterocycles. The summed E-state index contributed by atoms with van der Waals surface area (Å²) in [4.78, 5) is 21.8. The Kier molecular flexibility index (Phi) is 4.52. The SMILES string of the molecule is CC(C)(C)OC(=O)OC(=O)CC(N)N. The van der Waals surface area contributed by atoms with Crippen LogP contribution in [-0.4, -0.2) is 23.9 Å². The normalized spacial score (nSPS) is 11.3. The van der Waals surface area contributed by atoms with E-state index < -0.39 is 23.9 Å². The van der Waals surface area contributed by atoms with E-state index in [2.05, 4.69) is 4.74 Å². The van der Waals surface area contributed by atoms with E-state index >= 15 is 0 Å². The summed E-state index contributed by atoms with van der Waals surface area (Å²) >= 11 is 0. The van der Waals surface area contributed by atoms with Crippen LogP contribution >= 0.6 is 0 Å². The average molecular weight is 204 g/mol. The number of esters is 1. The van der Waals surface area contributed by atoms with E-state index in [0.717, 1.165) is 0 Å². The highest BCUT2D eigenvalue weighted by Gasteiger charge is 2.20. The van der Waals surface area contributed by atoms with Crippen molar-refractivity contribution in [2.75, 3.05) is 0 Å². The molecule has 6 heteroatoms. The van der Waals surface area contributed by atoms with Gasteiger partial charge in [-0.3, -0.25) is 4.79 Å². The highest BCUT2D eigenvalue weighted by Crippen LogP contribution is 2.08. The van der Waals surface area contributed by atoms with Crippen molar-refractivity contribution < 1.29 is 19.1 Å². The quantitative estimate of drug-likeness (QED) is 0.375. The van der Waals surface area contributed by atoms with Gasteiger partial charge in [0.15, 0.2) is 0 Å². The summed E-state index contributed by atoms with van der Waals surface area (Å²) in [5, 5.41) is 0. The summed E-state index contributed by atoms with van der Waals surface area (Å²) in [5.41, 5.74) is 9.55. The van der Waals surface area contributed by atoms with Gasteiger partial charge in [0.05, 0.1) is 12.6 Å². The van der Waals surface area contributed by atoms with Crippen molar-refractivity contribution in [2.45, 2.75) is 39.0 Å². The molecule has 14 heavy (non-hydrogen) atoms. The molecule has 0 unspecified atom stereocenters. The molecule has 0 atom stereocenters. The number of rotatable bonds is 2. The van der Waals surface area contributed by atoms with Crippen LogP contribution in [-0.2, 0) is 14.3 Å². The number of ether oxygens (including phenoxy) is 2. The summed E-state index contributed by atoms with van der Waals surface area (Å²) in [6.07, 6.45) is -2.09. The van der Waals surface area contributed by atoms with Crippen LogP contribution in [0.4, 0.5) is 4.79 Å². The third kappa shape index (κ3) is 7.51. The third-order valence-corrected chi connectivity index (χ3v) is 0.989. The van der Waals surface area contributed by atoms with Crippen molar-refractivity contribution in [2.24, 2.45) is 11.5 Å². The first-order valence-corrected chi connectivity index (χ1v) is 4.15. The second kappa shape index (κ2) is 4.92. The zero-order valence-corrected chi connectivity index (χ0v) is 8.57. The minimum Gasteiger partial charge on any atom is -0.428 e. The van der Waals surface area contributed by atoms with Crippen LogP contribution in [0.5, 0.6) is 0 Å². The van der Waals surface area contributed by atoms with Crippen LogP contribution in [0.25, 0.3) is 0 Å². The van der Waals surface area contributed by atoms with Crippen molar-refractivity contribution in [1.29, 1.82) is 0 Å². The topological polar surface area (TPSA) is 105 Å². The highest BCUT2D eigenvalue weighted by atomic mass is 16.7. The van der Waals surface area contributed by atoms with Gasteiger partial charge in [-0.2, -0.15) is 0 Å². The second-order valence-corrected chi connectivity index (χ2v) is 3.81. The monoisotopic (exact) mass is 204 g/mol. The van der Waals surface area contributed by atoms with Gasteiger partial charge in [-0.25, -0.2) is 4.79 Å². The summed E-state index contributed by atoms with van der Waals surface area (Å²) in [6, 6.07) is 0. The van der Waals surface area contributed by atoms with Crippen molar-refractivity contribution in [3.63, 3.8) is 0 Å². The van der Waals surface area contributed by atoms with Gasteiger partial charge in [0, 0.05) is 0 Å². The van der Waals surface area contributed by atoms with Crippen LogP contribution in [0, 0.1) is 0 Å². The second-order valence-electron chi connectivity index (χ2n) is 3.81. The molecule has 0 bridgehead atoms. The summed E-state index contributed by atoms with van der Waals surface area (Å²) in [6.45, 7) is 4.98. The maximum Gasteiger partial charge on any atom is 0.516 e. The molecule has 82 valence electrons. The predicted molar refractivity (Wildman–Crippen MR) is 49.1 cm³/mol. The molecule has 0 saturated heterocycles. The highest BCUT2D eigenvalue weighted by molar-refractivity contribution is 5.82. The van der Waals surface area contributed by atoms with Gasteiger partial charge in [-0.1, -0.05) is 0 Å². The lowest BCUT2D eigenvalue weighted by Crippen LogP contribution is -2.34. The molecule has 0 fully saturated rings. The molecule has 0 aromatic carbocycles. The summed E-state index contributed by atoms with van der Waals surface area (Å²) < 4.78 is 9.00. The molecule has 0 amide bonds. The van der Waals surface area contributed by atoms with E-state index in [9.17, 15) is 9.59 Å². The fraction of sp³-hybridized carbons (Fsp3) is 0.750. The molecule has 0 rings (SSSR count). The zero-order valence-electron chi connectivity index (χ0n) is 8.57. The fourth-order valence-electron chi connectivity index (χ4n) is 0.598. The van der Waals surface area contributed by atoms with Crippen molar-refractivity contribution in [1.82, 2.24) is 0 Å². The van der Waals surface area contributed by atoms with Gasteiger partial charge < -0.3 is 20.9 Å². The van der Waals surface area contributed by atoms with Crippen LogP contribution in [0.2, 0.25) is 0 Å². The van der Waals surface area contributed by atoms with Crippen LogP contribution in [0.3, 0.4) is 0 Å². The molecule has 0 aromatic rings. The molecule has 0 aromatic heterocycles. The number of carbonyl (C=O) groups is 2. The van der Waals surface area contributed by atoms with Crippen LogP contribution in [0.1, 0.15) is 27.2 Å². The molecular weight excluding hydrogens is 188 g/mol. The van der Waals surface area contributed by atoms with Crippen molar-refractivity contribution in [3.8, 4) is 0 Å². The van der Waals surface area contributed by atoms with E-state index in [-0.39, 0.29) is 6.42 Å². The van der Waals surface area contributed by atoms with Crippen LogP contribution in [0.15, 0.2) is 0 Å². The third-order valence-electron chi connectivity index (χ3n) is 0.989. The Morgan fingerprint density at radius 1 is 1.29 bits per heavy atom. The molecule has 0 radical (unpaired) electrons. The van der Waals surface area contributed by atoms with Gasteiger partial charge >= 0.3 is 12.1 Å². The minimum absolute atomic E-state index is 0.223. The van der Waals surface area contributed by atoms with E-state index in [1.165, 1.54) is 0 Å². The Bertz CT molecular complexity index is 220. The largest absolute Gasteiger partial charge is 0.516 e. The lowest BCUT2D eigenvalue weighted by atomic mass is 10.2. The van der Waals surface area contributed by atoms with Gasteiger partial charge in [0.2, 0.25) is 0 Å². The molecular formula is C8H16N2O4. The summed E-state index contributed by atoms with van der Waals surface area (Å²) in [7, 11) is 0. The fourth-order valence-corrected chi connectivity index (χ4v) is 0.598. The number of carbonyl (C=O) groups excluding carboxylic acids is 2. The van der Waals surface area contributed by atoms with Crippen LogP contribution < -0.4 is 11.5 Å².